The number of halogens is 3. The van der Waals surface area contributed by atoms with Crippen LogP contribution >= 0.6 is 0 Å². The molecule has 12 heteroatoms. The number of hydrogen-bond donors (Lipinski definition) is 1. The second-order valence-electron chi connectivity index (χ2n) is 7.81. The van der Waals surface area contributed by atoms with E-state index in [0.29, 0.717) is 10.8 Å². The van der Waals surface area contributed by atoms with E-state index in [0.717, 1.165) is 0 Å². The van der Waals surface area contributed by atoms with Crippen LogP contribution in [0.5, 0.6) is 0 Å². The van der Waals surface area contributed by atoms with Crippen molar-refractivity contribution in [3.05, 3.63) is 104 Å². The lowest BCUT2D eigenvalue weighted by atomic mass is 10.1. The minimum Gasteiger partial charge on any atom is -0.459 e. The van der Waals surface area contributed by atoms with Gasteiger partial charge in [0.1, 0.15) is 19.4 Å². The van der Waals surface area contributed by atoms with E-state index < -0.39 is 66.4 Å². The molecule has 3 atom stereocenters. The summed E-state index contributed by atoms with van der Waals surface area (Å²) < 4.78 is 60.1. The smallest absolute Gasteiger partial charge is 0.338 e. The summed E-state index contributed by atoms with van der Waals surface area (Å²) in [5.41, 5.74) is -2.86. The van der Waals surface area contributed by atoms with Gasteiger partial charge in [-0.1, -0.05) is 36.4 Å². The minimum absolute atomic E-state index is 0.0299. The highest BCUT2D eigenvalue weighted by atomic mass is 19.3. The van der Waals surface area contributed by atoms with Crippen LogP contribution in [0, 0.1) is 0 Å². The highest BCUT2D eigenvalue weighted by Gasteiger charge is 2.63. The molecule has 1 aliphatic heterocycles. The van der Waals surface area contributed by atoms with Crippen molar-refractivity contribution >= 4 is 11.9 Å². The topological polar surface area (TPSA) is 117 Å². The molecule has 2 heterocycles. The normalized spacial score (nSPS) is 20.6. The summed E-state index contributed by atoms with van der Waals surface area (Å²) >= 11 is 0. The van der Waals surface area contributed by atoms with Crippen LogP contribution in [0.15, 0.2) is 76.4 Å². The highest BCUT2D eigenvalue weighted by Crippen LogP contribution is 2.44. The summed E-state index contributed by atoms with van der Waals surface area (Å²) in [5, 5.41) is 0. The summed E-state index contributed by atoms with van der Waals surface area (Å²) in [6, 6.07) is 15.0. The third-order valence-corrected chi connectivity index (χ3v) is 5.42. The first-order chi connectivity index (χ1) is 17.2. The number of ether oxygens (including phenoxy) is 3. The van der Waals surface area contributed by atoms with Gasteiger partial charge < -0.3 is 14.2 Å². The second kappa shape index (κ2) is 10.2. The van der Waals surface area contributed by atoms with Crippen molar-refractivity contribution in [2.24, 2.45) is 0 Å². The number of H-pyrrole nitrogens is 1. The third-order valence-electron chi connectivity index (χ3n) is 5.42. The SMILES string of the molecule is O=C(OC[C@H]1O[C@@H](n2cc(CF)c(=O)[nH]c2=O)C(F)(F)[C@@H]1OC(=O)c1ccccc1)c1ccccc1. The Morgan fingerprint density at radius 3 is 2.14 bits per heavy atom. The zero-order valence-corrected chi connectivity index (χ0v) is 18.4. The average Bonchev–Trinajstić information content (AvgIpc) is 3.13. The number of hydrogen-bond acceptors (Lipinski definition) is 7. The summed E-state index contributed by atoms with van der Waals surface area (Å²) in [7, 11) is 0. The van der Waals surface area contributed by atoms with Crippen molar-refractivity contribution in [1.29, 1.82) is 0 Å². The van der Waals surface area contributed by atoms with Crippen LogP contribution in [0.1, 0.15) is 32.5 Å². The largest absolute Gasteiger partial charge is 0.459 e. The molecule has 1 N–H and O–H groups in total. The van der Waals surface area contributed by atoms with Crippen LogP contribution in [-0.4, -0.2) is 46.2 Å². The summed E-state index contributed by atoms with van der Waals surface area (Å²) in [6.45, 7) is -2.10. The van der Waals surface area contributed by atoms with E-state index in [-0.39, 0.29) is 11.1 Å². The fraction of sp³-hybridized carbons (Fsp3) is 0.250. The van der Waals surface area contributed by atoms with Gasteiger partial charge in [0.2, 0.25) is 6.23 Å². The van der Waals surface area contributed by atoms with E-state index in [1.807, 2.05) is 0 Å². The molecule has 1 fully saturated rings. The van der Waals surface area contributed by atoms with E-state index in [2.05, 4.69) is 0 Å². The first kappa shape index (κ1) is 24.9. The molecule has 0 aliphatic carbocycles. The van der Waals surface area contributed by atoms with E-state index in [9.17, 15) is 23.6 Å². The number of aromatic amines is 1. The minimum atomic E-state index is -4.05. The summed E-state index contributed by atoms with van der Waals surface area (Å²) in [6.07, 6.45) is -5.81. The molecule has 0 unspecified atom stereocenters. The Balaban J connectivity index is 1.65. The lowest BCUT2D eigenvalue weighted by Gasteiger charge is -2.24. The number of nitrogens with one attached hydrogen (secondary N) is 1. The first-order valence-corrected chi connectivity index (χ1v) is 10.6. The number of carbonyl (C=O) groups excluding carboxylic acids is 2. The lowest BCUT2D eigenvalue weighted by molar-refractivity contribution is -0.142. The number of nitrogens with zero attached hydrogens (tertiary/aromatic N) is 1. The fourth-order valence-corrected chi connectivity index (χ4v) is 3.62. The standard InChI is InChI=1S/C24H19F3N2O7/c25-11-16-12-29(23(33)28-19(16)30)22-24(26,27)18(36-21(32)15-9-5-2-6-10-15)17(35-22)13-34-20(31)14-7-3-1-4-8-14/h1-10,12,17-18,22H,11,13H2,(H,28,30,33)/t17-,18-,22-/m1/s1. The highest BCUT2D eigenvalue weighted by molar-refractivity contribution is 5.90. The Bertz CT molecular complexity index is 1360. The molecule has 4 rings (SSSR count). The Morgan fingerprint density at radius 2 is 1.56 bits per heavy atom. The molecule has 9 nitrogen and oxygen atoms in total. The molecule has 0 spiro atoms. The van der Waals surface area contributed by atoms with Crippen molar-refractivity contribution in [2.45, 2.75) is 31.0 Å². The Kier molecular flexibility index (Phi) is 7.06. The quantitative estimate of drug-likeness (QED) is 0.492. The predicted octanol–water partition coefficient (Wildman–Crippen LogP) is 2.62. The molecule has 1 aromatic heterocycles. The number of rotatable bonds is 7. The van der Waals surface area contributed by atoms with Gasteiger partial charge in [0.25, 0.3) is 5.56 Å². The molecule has 2 aromatic carbocycles. The van der Waals surface area contributed by atoms with Crippen LogP contribution in [0.4, 0.5) is 13.2 Å². The van der Waals surface area contributed by atoms with Crippen molar-refractivity contribution in [1.82, 2.24) is 9.55 Å². The van der Waals surface area contributed by atoms with Gasteiger partial charge >= 0.3 is 23.6 Å². The lowest BCUT2D eigenvalue weighted by Crippen LogP contribution is -2.45. The average molecular weight is 504 g/mol. The summed E-state index contributed by atoms with van der Waals surface area (Å²) in [5.74, 6) is -6.01. The van der Waals surface area contributed by atoms with Gasteiger partial charge in [-0.05, 0) is 24.3 Å². The second-order valence-corrected chi connectivity index (χ2v) is 7.81. The van der Waals surface area contributed by atoms with Crippen LogP contribution in [-0.2, 0) is 20.9 Å². The zero-order chi connectivity index (χ0) is 25.9. The third kappa shape index (κ3) is 4.93. The van der Waals surface area contributed by atoms with Gasteiger partial charge in [-0.3, -0.25) is 14.3 Å². The van der Waals surface area contributed by atoms with Gasteiger partial charge in [0, 0.05) is 6.20 Å². The van der Waals surface area contributed by atoms with E-state index >= 15 is 8.78 Å². The van der Waals surface area contributed by atoms with Gasteiger partial charge in [0.15, 0.2) is 6.10 Å². The number of carbonyl (C=O) groups is 2. The molecule has 0 saturated carbocycles. The van der Waals surface area contributed by atoms with Gasteiger partial charge in [-0.25, -0.2) is 18.8 Å². The summed E-state index contributed by atoms with van der Waals surface area (Å²) in [4.78, 5) is 50.6. The van der Waals surface area contributed by atoms with Crippen LogP contribution in [0.2, 0.25) is 0 Å². The maximum atomic E-state index is 15.6. The fourth-order valence-electron chi connectivity index (χ4n) is 3.62. The van der Waals surface area contributed by atoms with Gasteiger partial charge in [0.05, 0.1) is 16.7 Å². The van der Waals surface area contributed by atoms with Crippen molar-refractivity contribution in [2.75, 3.05) is 6.61 Å². The molecular formula is C24H19F3N2O7. The Morgan fingerprint density at radius 1 is 0.972 bits per heavy atom. The van der Waals surface area contributed by atoms with Crippen molar-refractivity contribution in [3.8, 4) is 0 Å². The molecule has 1 saturated heterocycles. The van der Waals surface area contributed by atoms with Crippen molar-refractivity contribution < 1.29 is 37.0 Å². The Hall–Kier alpha value is -4.19. The Labute approximate surface area is 201 Å². The maximum absolute atomic E-state index is 15.6. The number of aromatic nitrogens is 2. The predicted molar refractivity (Wildman–Crippen MR) is 117 cm³/mol. The van der Waals surface area contributed by atoms with E-state index in [4.69, 9.17) is 14.2 Å². The molecule has 0 radical (unpaired) electrons. The molecule has 36 heavy (non-hydrogen) atoms. The first-order valence-electron chi connectivity index (χ1n) is 10.6. The van der Waals surface area contributed by atoms with Gasteiger partial charge in [-0.15, -0.1) is 0 Å². The molecule has 3 aromatic rings. The van der Waals surface area contributed by atoms with E-state index in [1.165, 1.54) is 36.4 Å². The molecule has 0 bridgehead atoms. The number of esters is 2. The number of alkyl halides is 3. The zero-order valence-electron chi connectivity index (χ0n) is 18.4. The molecule has 0 amide bonds. The molecule has 188 valence electrons. The molecular weight excluding hydrogens is 485 g/mol. The molecule has 1 aliphatic rings. The van der Waals surface area contributed by atoms with Crippen LogP contribution < -0.4 is 11.2 Å². The van der Waals surface area contributed by atoms with Crippen molar-refractivity contribution in [3.63, 3.8) is 0 Å². The monoisotopic (exact) mass is 504 g/mol. The maximum Gasteiger partial charge on any atom is 0.338 e. The van der Waals surface area contributed by atoms with Crippen LogP contribution in [0.25, 0.3) is 0 Å². The van der Waals surface area contributed by atoms with E-state index in [1.54, 1.807) is 29.2 Å². The van der Waals surface area contributed by atoms with Crippen LogP contribution in [0.3, 0.4) is 0 Å². The number of benzene rings is 2. The van der Waals surface area contributed by atoms with Gasteiger partial charge in [-0.2, -0.15) is 8.78 Å².